The first-order valence-electron chi connectivity index (χ1n) is 17.9. The van der Waals surface area contributed by atoms with Crippen molar-refractivity contribution in [3.8, 4) is 23.1 Å². The highest BCUT2D eigenvalue weighted by molar-refractivity contribution is 14.1. The second kappa shape index (κ2) is 21.2. The number of oxime groups is 1. The third-order valence-electron chi connectivity index (χ3n) is 8.16. The van der Waals surface area contributed by atoms with Gasteiger partial charge in [0.2, 0.25) is 0 Å². The average molecular weight is 926 g/mol. The van der Waals surface area contributed by atoms with Gasteiger partial charge in [0, 0.05) is 40.5 Å². The second-order valence-corrected chi connectivity index (χ2v) is 15.4. The maximum atomic E-state index is 13.2. The number of nitrogens with one attached hydrogen (secondary N) is 3. The van der Waals surface area contributed by atoms with Gasteiger partial charge in [-0.2, -0.15) is 5.26 Å². The summed E-state index contributed by atoms with van der Waals surface area (Å²) >= 11 is 3.58. The first-order valence-corrected chi connectivity index (χ1v) is 20.5. The number of rotatable bonds is 14. The lowest BCUT2D eigenvalue weighted by molar-refractivity contribution is -0.154. The smallest absolute Gasteiger partial charge is 0.355 e. The third kappa shape index (κ3) is 12.4. The van der Waals surface area contributed by atoms with Crippen LogP contribution < -0.4 is 15.4 Å². The van der Waals surface area contributed by atoms with E-state index in [2.05, 4.69) is 48.3 Å². The number of halogens is 1. The molecular weight excluding hydrogens is 881 g/mol. The number of alkyl halides is 1. The number of nitrogens with zero attached hydrogens (tertiary/aromatic N) is 4. The number of benzene rings is 1. The van der Waals surface area contributed by atoms with Crippen LogP contribution in [0.2, 0.25) is 0 Å². The molecule has 18 heteroatoms. The number of carbonyl (C=O) groups excluding carboxylic acids is 5. The van der Waals surface area contributed by atoms with E-state index in [-0.39, 0.29) is 24.6 Å². The topological polar surface area (TPSA) is 214 Å². The number of fused-ring (bicyclic) bond motifs is 1. The molecule has 2 aliphatic rings. The van der Waals surface area contributed by atoms with Gasteiger partial charge in [-0.15, -0.1) is 11.8 Å². The molecule has 1 saturated heterocycles. The molecule has 2 aliphatic heterocycles. The number of pyridine rings is 1. The molecule has 16 nitrogen and oxygen atoms in total. The van der Waals surface area contributed by atoms with Crippen LogP contribution >= 0.6 is 34.4 Å². The van der Waals surface area contributed by atoms with Crippen molar-refractivity contribution in [1.29, 1.82) is 5.26 Å². The maximum absolute atomic E-state index is 13.2. The Morgan fingerprint density at radius 3 is 2.47 bits per heavy atom. The van der Waals surface area contributed by atoms with Gasteiger partial charge in [0.25, 0.3) is 17.7 Å². The van der Waals surface area contributed by atoms with Crippen molar-refractivity contribution in [1.82, 2.24) is 25.5 Å². The van der Waals surface area contributed by atoms with E-state index in [0.29, 0.717) is 15.9 Å². The lowest BCUT2D eigenvalue weighted by Crippen LogP contribution is -2.71. The number of hydrogen-bond donors (Lipinski definition) is 3. The zero-order valence-corrected chi connectivity index (χ0v) is 35.8. The molecule has 2 atom stereocenters. The Balaban J connectivity index is 0.000000326. The van der Waals surface area contributed by atoms with Gasteiger partial charge in [-0.05, 0) is 92.8 Å². The largest absolute Gasteiger partial charge is 0.497 e. The van der Waals surface area contributed by atoms with E-state index in [9.17, 15) is 24.0 Å². The molecule has 4 heterocycles. The highest BCUT2D eigenvalue weighted by atomic mass is 127. The summed E-state index contributed by atoms with van der Waals surface area (Å²) in [7, 11) is 1.57. The summed E-state index contributed by atoms with van der Waals surface area (Å²) in [6, 6.07) is 12.0. The molecule has 1 fully saturated rings. The maximum Gasteiger partial charge on any atom is 0.355 e. The summed E-state index contributed by atoms with van der Waals surface area (Å²) < 4.78 is 16.5. The molecule has 2 aromatic heterocycles. The highest BCUT2D eigenvalue weighted by Gasteiger charge is 2.54. The monoisotopic (exact) mass is 925 g/mol. The fourth-order valence-electron chi connectivity index (χ4n) is 5.45. The average Bonchev–Trinajstić information content (AvgIpc) is 3.71. The number of amides is 3. The molecule has 3 amide bonds. The molecule has 0 radical (unpaired) electrons. The van der Waals surface area contributed by atoms with E-state index in [1.807, 2.05) is 24.4 Å². The summed E-state index contributed by atoms with van der Waals surface area (Å²) in [4.78, 5) is 76.3. The number of ether oxygens (including phenoxy) is 3. The van der Waals surface area contributed by atoms with Gasteiger partial charge in [0.15, 0.2) is 11.9 Å². The lowest BCUT2D eigenvalue weighted by atomic mass is 10.0. The molecule has 0 aliphatic carbocycles. The zero-order chi connectivity index (χ0) is 42.4. The molecule has 306 valence electrons. The minimum atomic E-state index is -0.909. The molecule has 0 bridgehead atoms. The number of aromatic amines is 1. The van der Waals surface area contributed by atoms with E-state index in [1.54, 1.807) is 84.6 Å². The Bertz CT molecular complexity index is 2110. The number of aromatic nitrogens is 2. The molecule has 3 N–H and O–H groups in total. The summed E-state index contributed by atoms with van der Waals surface area (Å²) in [6.45, 7) is 8.84. The van der Waals surface area contributed by atoms with Crippen LogP contribution in [0.1, 0.15) is 52.3 Å². The Hall–Kier alpha value is -5.68. The van der Waals surface area contributed by atoms with Gasteiger partial charge in [-0.3, -0.25) is 34.4 Å². The number of hydrogen-bond acceptors (Lipinski definition) is 13. The Morgan fingerprint density at radius 2 is 1.84 bits per heavy atom. The van der Waals surface area contributed by atoms with Crippen LogP contribution in [0.25, 0.3) is 16.7 Å². The number of nitriles is 1. The van der Waals surface area contributed by atoms with E-state index in [1.165, 1.54) is 22.7 Å². The summed E-state index contributed by atoms with van der Waals surface area (Å²) in [6.07, 6.45) is 7.87. The van der Waals surface area contributed by atoms with Crippen LogP contribution in [-0.2, 0) is 44.9 Å². The normalized spacial score (nSPS) is 16.4. The number of H-pyrrole nitrogens is 1. The number of β-lactam (4-membered cyclic amide) rings is 1. The number of thioether (sulfide) groups is 1. The molecule has 5 rings (SSSR count). The van der Waals surface area contributed by atoms with Crippen LogP contribution in [0.4, 0.5) is 0 Å². The fourth-order valence-corrected chi connectivity index (χ4v) is 7.79. The predicted molar refractivity (Wildman–Crippen MR) is 225 cm³/mol. The van der Waals surface area contributed by atoms with Gasteiger partial charge >= 0.3 is 11.9 Å². The second-order valence-electron chi connectivity index (χ2n) is 13.6. The SMILES string of the molecule is C/C(=C\C(=O)NC#N)c1cc(-c2ccncc2)c[nH]1.CCO/N=C(\CC(=O)OC(C)(C)C)C(=O)NC1C(=O)N2C(C(=O)OCc3ccc(OC)cc3)=C(CI)CSC12. The standard InChI is InChI=1S/C26H32IN3O8S.C14H12N4O/c1-6-37-29-18(11-19(31)38-26(2,3)4)22(32)28-20-23(33)30-21(16(12-27)14-39-24(20)30)25(34)36-13-15-7-9-17(35-5)10-8-15;1-10(6-14(19)18-9-15)13-7-12(8-17-13)11-2-4-16-5-3-11/h7-10,20,24H,6,11-14H2,1-5H3,(H,28,32);2-8,17H,1H3,(H,18,19)/b29-18+;10-6+. The summed E-state index contributed by atoms with van der Waals surface area (Å²) in [5.74, 6) is -1.68. The zero-order valence-electron chi connectivity index (χ0n) is 32.8. The third-order valence-corrected chi connectivity index (χ3v) is 10.4. The number of allylic oxidation sites excluding steroid dienone is 1. The van der Waals surface area contributed by atoms with Gasteiger partial charge in [-0.25, -0.2) is 4.79 Å². The molecule has 0 spiro atoms. The Morgan fingerprint density at radius 1 is 1.14 bits per heavy atom. The number of esters is 2. The lowest BCUT2D eigenvalue weighted by Gasteiger charge is -2.49. The molecule has 0 saturated carbocycles. The highest BCUT2D eigenvalue weighted by Crippen LogP contribution is 2.41. The Labute approximate surface area is 353 Å². The number of methoxy groups -OCH3 is 1. The molecular formula is C40H44IN7O9S. The molecule has 3 aromatic rings. The minimum absolute atomic E-state index is 0.0305. The van der Waals surface area contributed by atoms with Crippen LogP contribution in [0, 0.1) is 11.5 Å². The van der Waals surface area contributed by atoms with Gasteiger partial charge in [0.1, 0.15) is 41.7 Å². The molecule has 2 unspecified atom stereocenters. The van der Waals surface area contributed by atoms with E-state index in [4.69, 9.17) is 24.3 Å². The van der Waals surface area contributed by atoms with Crippen molar-refractivity contribution in [2.45, 2.75) is 64.7 Å². The van der Waals surface area contributed by atoms with Crippen molar-refractivity contribution in [3.63, 3.8) is 0 Å². The van der Waals surface area contributed by atoms with E-state index in [0.717, 1.165) is 33.5 Å². The summed E-state index contributed by atoms with van der Waals surface area (Å²) in [5, 5.41) is 16.3. The Kier molecular flexibility index (Phi) is 16.4. The quantitative estimate of drug-likeness (QED) is 0.0224. The van der Waals surface area contributed by atoms with Gasteiger partial charge < -0.3 is 29.3 Å². The predicted octanol–water partition coefficient (Wildman–Crippen LogP) is 5.03. The van der Waals surface area contributed by atoms with Crippen molar-refractivity contribution >= 4 is 75.3 Å². The summed E-state index contributed by atoms with van der Waals surface area (Å²) in [5.41, 5.74) is 4.46. The van der Waals surface area contributed by atoms with Gasteiger partial charge in [-0.1, -0.05) is 39.9 Å². The number of carbonyl (C=O) groups is 5. The van der Waals surface area contributed by atoms with Crippen LogP contribution in [0.5, 0.6) is 5.75 Å². The van der Waals surface area contributed by atoms with Crippen molar-refractivity contribution in [3.05, 3.63) is 89.7 Å². The van der Waals surface area contributed by atoms with Crippen molar-refractivity contribution in [2.75, 3.05) is 23.9 Å². The molecule has 1 aromatic carbocycles. The van der Waals surface area contributed by atoms with E-state index >= 15 is 0 Å². The van der Waals surface area contributed by atoms with Crippen molar-refractivity contribution < 1.29 is 43.0 Å². The van der Waals surface area contributed by atoms with Crippen LogP contribution in [-0.4, -0.2) is 91.2 Å². The minimum Gasteiger partial charge on any atom is -0.497 e. The van der Waals surface area contributed by atoms with Crippen molar-refractivity contribution in [2.24, 2.45) is 5.16 Å². The molecule has 58 heavy (non-hydrogen) atoms. The van der Waals surface area contributed by atoms with Gasteiger partial charge in [0.05, 0.1) is 13.5 Å². The van der Waals surface area contributed by atoms with Crippen LogP contribution in [0.15, 0.2) is 83.6 Å². The van der Waals surface area contributed by atoms with E-state index < -0.39 is 53.1 Å². The first-order chi connectivity index (χ1) is 27.7. The fraction of sp³-hybridized carbons (Fsp3) is 0.350. The first kappa shape index (κ1) is 45.0. The van der Waals surface area contributed by atoms with Crippen LogP contribution in [0.3, 0.4) is 0 Å².